The Labute approximate surface area is 125 Å². The van der Waals surface area contributed by atoms with Gasteiger partial charge in [-0.3, -0.25) is 4.79 Å². The minimum absolute atomic E-state index is 0.185. The van der Waals surface area contributed by atoms with Crippen LogP contribution in [0.15, 0.2) is 11.2 Å². The average Bonchev–Trinajstić information content (AvgIpc) is 2.44. The molecule has 0 bridgehead atoms. The molecule has 1 heterocycles. The molecule has 0 radical (unpaired) electrons. The summed E-state index contributed by atoms with van der Waals surface area (Å²) in [4.78, 5) is 22.9. The van der Waals surface area contributed by atoms with Crippen LogP contribution < -0.4 is 0 Å². The summed E-state index contributed by atoms with van der Waals surface area (Å²) in [7, 11) is 1.93. The maximum atomic E-state index is 12.2. The third-order valence-corrected chi connectivity index (χ3v) is 4.63. The summed E-state index contributed by atoms with van der Waals surface area (Å²) < 4.78 is 0. The second-order valence-corrected chi connectivity index (χ2v) is 6.46. The van der Waals surface area contributed by atoms with E-state index in [-0.39, 0.29) is 5.91 Å². The van der Waals surface area contributed by atoms with Crippen LogP contribution in [0.1, 0.15) is 43.5 Å². The first-order chi connectivity index (χ1) is 9.56. The largest absolute Gasteiger partial charge is 0.342 e. The Balaban J connectivity index is 1.87. The number of hydrogen-bond donors (Lipinski definition) is 0. The Morgan fingerprint density at radius 2 is 1.85 bits per heavy atom. The molecular weight excluding hydrogens is 270 g/mol. The van der Waals surface area contributed by atoms with Crippen molar-refractivity contribution >= 4 is 17.7 Å². The summed E-state index contributed by atoms with van der Waals surface area (Å²) in [5.74, 6) is 0.611. The number of thioether (sulfide) groups is 1. The standard InChI is InChI=1S/C15H23N3OS/c1-11-9-12(2)17-15(16-11)20-10-14(19)18(3)13-7-5-4-6-8-13/h9,13H,4-8,10H2,1-3H3. The highest BCUT2D eigenvalue weighted by Gasteiger charge is 2.22. The highest BCUT2D eigenvalue weighted by atomic mass is 32.2. The summed E-state index contributed by atoms with van der Waals surface area (Å²) in [6.07, 6.45) is 6.09. The highest BCUT2D eigenvalue weighted by molar-refractivity contribution is 7.99. The Hall–Kier alpha value is -1.10. The smallest absolute Gasteiger partial charge is 0.233 e. The lowest BCUT2D eigenvalue weighted by molar-refractivity contribution is -0.129. The predicted octanol–water partition coefficient (Wildman–Crippen LogP) is 2.98. The highest BCUT2D eigenvalue weighted by Crippen LogP contribution is 2.23. The molecule has 0 aliphatic heterocycles. The first-order valence-electron chi connectivity index (χ1n) is 7.27. The molecule has 0 unspecified atom stereocenters. The summed E-state index contributed by atoms with van der Waals surface area (Å²) in [6, 6.07) is 2.37. The normalized spacial score (nSPS) is 16.1. The monoisotopic (exact) mass is 293 g/mol. The molecule has 1 amide bonds. The molecule has 0 spiro atoms. The van der Waals surface area contributed by atoms with Crippen molar-refractivity contribution < 1.29 is 4.79 Å². The topological polar surface area (TPSA) is 46.1 Å². The van der Waals surface area contributed by atoms with Crippen molar-refractivity contribution in [2.45, 2.75) is 57.1 Å². The zero-order chi connectivity index (χ0) is 14.5. The number of rotatable bonds is 4. The molecule has 1 fully saturated rings. The second kappa shape index (κ2) is 7.07. The maximum absolute atomic E-state index is 12.2. The van der Waals surface area contributed by atoms with Crippen LogP contribution in [0.5, 0.6) is 0 Å². The number of amides is 1. The van der Waals surface area contributed by atoms with Gasteiger partial charge in [-0.2, -0.15) is 0 Å². The van der Waals surface area contributed by atoms with Gasteiger partial charge in [0.15, 0.2) is 5.16 Å². The minimum Gasteiger partial charge on any atom is -0.342 e. The fourth-order valence-electron chi connectivity index (χ4n) is 2.66. The van der Waals surface area contributed by atoms with Crippen LogP contribution in [0.25, 0.3) is 0 Å². The molecule has 1 aliphatic rings. The van der Waals surface area contributed by atoms with Gasteiger partial charge < -0.3 is 4.90 Å². The lowest BCUT2D eigenvalue weighted by atomic mass is 9.94. The Bertz CT molecular complexity index is 452. The molecule has 4 nitrogen and oxygen atoms in total. The van der Waals surface area contributed by atoms with Crippen molar-refractivity contribution in [1.82, 2.24) is 14.9 Å². The molecular formula is C15H23N3OS. The number of aromatic nitrogens is 2. The fourth-order valence-corrected chi connectivity index (χ4v) is 3.53. The molecule has 1 saturated carbocycles. The summed E-state index contributed by atoms with van der Waals surface area (Å²) >= 11 is 1.44. The molecule has 0 N–H and O–H groups in total. The minimum atomic E-state index is 0.185. The van der Waals surface area contributed by atoms with Gasteiger partial charge in [0.25, 0.3) is 0 Å². The van der Waals surface area contributed by atoms with Gasteiger partial charge in [0.1, 0.15) is 0 Å². The average molecular weight is 293 g/mol. The van der Waals surface area contributed by atoms with Crippen molar-refractivity contribution in [3.8, 4) is 0 Å². The van der Waals surface area contributed by atoms with Gasteiger partial charge in [-0.1, -0.05) is 31.0 Å². The molecule has 0 saturated heterocycles. The van der Waals surface area contributed by atoms with E-state index in [1.807, 2.05) is 31.9 Å². The lowest BCUT2D eigenvalue weighted by Gasteiger charge is -2.31. The van der Waals surface area contributed by atoms with Gasteiger partial charge in [0, 0.05) is 24.5 Å². The molecule has 0 aromatic carbocycles. The van der Waals surface area contributed by atoms with Crippen molar-refractivity contribution in [1.29, 1.82) is 0 Å². The molecule has 2 rings (SSSR count). The van der Waals surface area contributed by atoms with Crippen LogP contribution in [-0.4, -0.2) is 39.6 Å². The van der Waals surface area contributed by atoms with E-state index in [9.17, 15) is 4.79 Å². The summed E-state index contributed by atoms with van der Waals surface area (Å²) in [6.45, 7) is 3.91. The van der Waals surface area contributed by atoms with Crippen molar-refractivity contribution in [2.24, 2.45) is 0 Å². The van der Waals surface area contributed by atoms with Crippen molar-refractivity contribution in [2.75, 3.05) is 12.8 Å². The van der Waals surface area contributed by atoms with Crippen molar-refractivity contribution in [3.05, 3.63) is 17.5 Å². The van der Waals surface area contributed by atoms with Gasteiger partial charge in [-0.25, -0.2) is 9.97 Å². The SMILES string of the molecule is Cc1cc(C)nc(SCC(=O)N(C)C2CCCCC2)n1. The van der Waals surface area contributed by atoms with Crippen LogP contribution >= 0.6 is 11.8 Å². The van der Waals surface area contributed by atoms with Crippen LogP contribution in [0, 0.1) is 13.8 Å². The van der Waals surface area contributed by atoms with Gasteiger partial charge in [-0.15, -0.1) is 0 Å². The molecule has 0 atom stereocenters. The van der Waals surface area contributed by atoms with E-state index in [0.717, 1.165) is 24.2 Å². The number of carbonyl (C=O) groups is 1. The van der Waals surface area contributed by atoms with Gasteiger partial charge in [0.2, 0.25) is 5.91 Å². The molecule has 110 valence electrons. The summed E-state index contributed by atoms with van der Waals surface area (Å²) in [5.41, 5.74) is 1.90. The first-order valence-corrected chi connectivity index (χ1v) is 8.25. The number of aryl methyl sites for hydroxylation is 2. The van der Waals surface area contributed by atoms with Crippen LogP contribution in [-0.2, 0) is 4.79 Å². The Kier molecular flexibility index (Phi) is 5.40. The first kappa shape index (κ1) is 15.3. The predicted molar refractivity (Wildman–Crippen MR) is 81.9 cm³/mol. The van der Waals surface area contributed by atoms with E-state index < -0.39 is 0 Å². The number of hydrogen-bond acceptors (Lipinski definition) is 4. The Morgan fingerprint density at radius 3 is 2.45 bits per heavy atom. The molecule has 1 aromatic heterocycles. The summed E-state index contributed by atoms with van der Waals surface area (Å²) in [5, 5.41) is 0.702. The number of carbonyl (C=O) groups excluding carboxylic acids is 1. The van der Waals surface area contributed by atoms with Crippen LogP contribution in [0.4, 0.5) is 0 Å². The van der Waals surface area contributed by atoms with Crippen molar-refractivity contribution in [3.63, 3.8) is 0 Å². The maximum Gasteiger partial charge on any atom is 0.233 e. The van der Waals surface area contributed by atoms with E-state index in [1.54, 1.807) is 0 Å². The van der Waals surface area contributed by atoms with E-state index in [0.29, 0.717) is 17.0 Å². The van der Waals surface area contributed by atoms with Gasteiger partial charge in [-0.05, 0) is 32.8 Å². The molecule has 1 aromatic rings. The zero-order valence-electron chi connectivity index (χ0n) is 12.6. The molecule has 20 heavy (non-hydrogen) atoms. The third-order valence-electron chi connectivity index (χ3n) is 3.80. The van der Waals surface area contributed by atoms with E-state index in [2.05, 4.69) is 9.97 Å². The van der Waals surface area contributed by atoms with Gasteiger partial charge in [0.05, 0.1) is 5.75 Å². The van der Waals surface area contributed by atoms with Crippen LogP contribution in [0.3, 0.4) is 0 Å². The van der Waals surface area contributed by atoms with E-state index in [1.165, 1.54) is 31.0 Å². The van der Waals surface area contributed by atoms with Gasteiger partial charge >= 0.3 is 0 Å². The van der Waals surface area contributed by atoms with Crippen LogP contribution in [0.2, 0.25) is 0 Å². The van der Waals surface area contributed by atoms with E-state index in [4.69, 9.17) is 0 Å². The Morgan fingerprint density at radius 1 is 1.25 bits per heavy atom. The second-order valence-electron chi connectivity index (χ2n) is 5.52. The van der Waals surface area contributed by atoms with E-state index >= 15 is 0 Å². The lowest BCUT2D eigenvalue weighted by Crippen LogP contribution is -2.39. The fraction of sp³-hybridized carbons (Fsp3) is 0.667. The molecule has 1 aliphatic carbocycles. The number of nitrogens with zero attached hydrogens (tertiary/aromatic N) is 3. The molecule has 5 heteroatoms. The quantitative estimate of drug-likeness (QED) is 0.632. The third kappa shape index (κ3) is 4.20. The zero-order valence-corrected chi connectivity index (χ0v) is 13.4.